The van der Waals surface area contributed by atoms with Crippen molar-refractivity contribution in [3.05, 3.63) is 28.7 Å². The van der Waals surface area contributed by atoms with Crippen LogP contribution in [0, 0.1) is 0 Å². The summed E-state index contributed by atoms with van der Waals surface area (Å²) in [7, 11) is 0. The number of aldehydes is 1. The van der Waals surface area contributed by atoms with Crippen LogP contribution in [0.25, 0.3) is 0 Å². The van der Waals surface area contributed by atoms with E-state index in [0.717, 1.165) is 10.2 Å². The Bertz CT molecular complexity index is 323. The van der Waals surface area contributed by atoms with E-state index in [1.807, 2.05) is 24.3 Å². The molecular weight excluding hydrogens is 255 g/mol. The molecule has 0 heterocycles. The first-order valence-electron chi connectivity index (χ1n) is 3.42. The summed E-state index contributed by atoms with van der Waals surface area (Å²) in [6.07, 6.45) is 0.466. The molecule has 0 spiro atoms. The molecule has 1 aromatic rings. The van der Waals surface area contributed by atoms with Crippen LogP contribution in [0.4, 0.5) is 5.69 Å². The Kier molecular flexibility index (Phi) is 3.92. The van der Waals surface area contributed by atoms with Crippen LogP contribution < -0.4 is 5.43 Å². The zero-order chi connectivity index (χ0) is 9.68. The van der Waals surface area contributed by atoms with Gasteiger partial charge in [-0.3, -0.25) is 10.2 Å². The number of halogens is 2. The van der Waals surface area contributed by atoms with Crippen molar-refractivity contribution in [2.75, 3.05) is 5.43 Å². The van der Waals surface area contributed by atoms with Crippen molar-refractivity contribution < 1.29 is 4.79 Å². The summed E-state index contributed by atoms with van der Waals surface area (Å²) >= 11 is 8.65. The highest BCUT2D eigenvalue weighted by Crippen LogP contribution is 2.13. The Hall–Kier alpha value is -0.870. The van der Waals surface area contributed by atoms with Crippen molar-refractivity contribution in [3.63, 3.8) is 0 Å². The highest BCUT2D eigenvalue weighted by Gasteiger charge is 1.91. The van der Waals surface area contributed by atoms with E-state index in [1.165, 1.54) is 0 Å². The van der Waals surface area contributed by atoms with Crippen LogP contribution in [0.15, 0.2) is 33.8 Å². The third-order valence-electron chi connectivity index (χ3n) is 1.23. The topological polar surface area (TPSA) is 41.5 Å². The molecule has 0 saturated heterocycles. The monoisotopic (exact) mass is 260 g/mol. The van der Waals surface area contributed by atoms with Crippen molar-refractivity contribution >= 4 is 44.7 Å². The van der Waals surface area contributed by atoms with E-state index in [4.69, 9.17) is 11.6 Å². The van der Waals surface area contributed by atoms with E-state index in [9.17, 15) is 4.79 Å². The van der Waals surface area contributed by atoms with Crippen molar-refractivity contribution in [3.8, 4) is 0 Å². The predicted molar refractivity (Wildman–Crippen MR) is 57.1 cm³/mol. The first-order chi connectivity index (χ1) is 6.22. The van der Waals surface area contributed by atoms with E-state index >= 15 is 0 Å². The molecule has 0 aromatic heterocycles. The zero-order valence-electron chi connectivity index (χ0n) is 6.50. The van der Waals surface area contributed by atoms with Gasteiger partial charge in [0.2, 0.25) is 0 Å². The largest absolute Gasteiger partial charge is 0.295 e. The Morgan fingerprint density at radius 1 is 1.46 bits per heavy atom. The lowest BCUT2D eigenvalue weighted by molar-refractivity contribution is -0.102. The molecular formula is C8H6BrClN2O. The summed E-state index contributed by atoms with van der Waals surface area (Å²) in [5.74, 6) is 0. The first-order valence-corrected chi connectivity index (χ1v) is 4.59. The summed E-state index contributed by atoms with van der Waals surface area (Å²) in [4.78, 5) is 10.1. The number of hydrazone groups is 1. The Balaban J connectivity index is 2.65. The maximum absolute atomic E-state index is 10.1. The third kappa shape index (κ3) is 3.57. The zero-order valence-corrected chi connectivity index (χ0v) is 8.84. The average molecular weight is 262 g/mol. The van der Waals surface area contributed by atoms with Crippen molar-refractivity contribution in [2.24, 2.45) is 5.10 Å². The van der Waals surface area contributed by atoms with Gasteiger partial charge >= 0.3 is 0 Å². The number of hydrogen-bond acceptors (Lipinski definition) is 3. The van der Waals surface area contributed by atoms with Gasteiger partial charge in [-0.05, 0) is 24.3 Å². The average Bonchev–Trinajstić information content (AvgIpc) is 2.16. The Morgan fingerprint density at radius 3 is 2.62 bits per heavy atom. The van der Waals surface area contributed by atoms with Crippen LogP contribution in [-0.4, -0.2) is 11.5 Å². The van der Waals surface area contributed by atoms with Crippen LogP contribution in [0.2, 0.25) is 0 Å². The van der Waals surface area contributed by atoms with Crippen molar-refractivity contribution in [2.45, 2.75) is 0 Å². The number of nitrogens with zero attached hydrogens (tertiary/aromatic N) is 1. The minimum absolute atomic E-state index is 0.108. The molecule has 0 bridgehead atoms. The number of anilines is 1. The predicted octanol–water partition coefficient (Wildman–Crippen LogP) is 2.61. The normalized spacial score (nSPS) is 11.1. The molecule has 5 heteroatoms. The molecule has 0 radical (unpaired) electrons. The minimum Gasteiger partial charge on any atom is -0.295 e. The van der Waals surface area contributed by atoms with Gasteiger partial charge in [0.1, 0.15) is 0 Å². The summed E-state index contributed by atoms with van der Waals surface area (Å²) in [6, 6.07) is 7.32. The summed E-state index contributed by atoms with van der Waals surface area (Å²) < 4.78 is 0.975. The smallest absolute Gasteiger partial charge is 0.189 e. The van der Waals surface area contributed by atoms with Crippen molar-refractivity contribution in [1.82, 2.24) is 0 Å². The fourth-order valence-corrected chi connectivity index (χ4v) is 0.975. The maximum Gasteiger partial charge on any atom is 0.189 e. The third-order valence-corrected chi connectivity index (χ3v) is 1.94. The van der Waals surface area contributed by atoms with E-state index in [2.05, 4.69) is 26.5 Å². The SMILES string of the molecule is O=C/C(Cl)=N\Nc1ccc(Br)cc1. The van der Waals surface area contributed by atoms with Crippen LogP contribution in [-0.2, 0) is 4.79 Å². The highest BCUT2D eigenvalue weighted by atomic mass is 79.9. The lowest BCUT2D eigenvalue weighted by atomic mass is 10.3. The number of benzene rings is 1. The number of rotatable bonds is 3. The molecule has 3 nitrogen and oxygen atoms in total. The molecule has 68 valence electrons. The lowest BCUT2D eigenvalue weighted by Gasteiger charge is -1.98. The van der Waals surface area contributed by atoms with E-state index in [0.29, 0.717) is 6.29 Å². The van der Waals surface area contributed by atoms with E-state index in [-0.39, 0.29) is 5.17 Å². The summed E-state index contributed by atoms with van der Waals surface area (Å²) in [5.41, 5.74) is 3.39. The van der Waals surface area contributed by atoms with Gasteiger partial charge < -0.3 is 0 Å². The second-order valence-electron chi connectivity index (χ2n) is 2.17. The number of carbonyl (C=O) groups is 1. The molecule has 0 unspecified atom stereocenters. The second kappa shape index (κ2) is 4.99. The number of carbonyl (C=O) groups excluding carboxylic acids is 1. The molecule has 0 fully saturated rings. The van der Waals surface area contributed by atoms with Gasteiger partial charge in [-0.1, -0.05) is 27.5 Å². The van der Waals surface area contributed by atoms with Crippen LogP contribution >= 0.6 is 27.5 Å². The van der Waals surface area contributed by atoms with Crippen molar-refractivity contribution in [1.29, 1.82) is 0 Å². The standard InChI is InChI=1S/C8H6BrClN2O/c9-6-1-3-7(4-2-6)11-12-8(10)5-13/h1-5,11H/b12-8+. The van der Waals surface area contributed by atoms with Gasteiger partial charge in [-0.15, -0.1) is 0 Å². The van der Waals surface area contributed by atoms with Gasteiger partial charge in [0.25, 0.3) is 0 Å². The lowest BCUT2D eigenvalue weighted by Crippen LogP contribution is -1.95. The molecule has 1 N–H and O–H groups in total. The van der Waals surface area contributed by atoms with Crippen LogP contribution in [0.3, 0.4) is 0 Å². The van der Waals surface area contributed by atoms with Crippen LogP contribution in [0.1, 0.15) is 0 Å². The van der Waals surface area contributed by atoms with Gasteiger partial charge in [-0.25, -0.2) is 0 Å². The fraction of sp³-hybridized carbons (Fsp3) is 0. The quantitative estimate of drug-likeness (QED) is 0.516. The summed E-state index contributed by atoms with van der Waals surface area (Å²) in [6.45, 7) is 0. The second-order valence-corrected chi connectivity index (χ2v) is 3.47. The van der Waals surface area contributed by atoms with Gasteiger partial charge in [0, 0.05) is 4.47 Å². The molecule has 0 aliphatic heterocycles. The molecule has 13 heavy (non-hydrogen) atoms. The minimum atomic E-state index is -0.108. The van der Waals surface area contributed by atoms with E-state index < -0.39 is 0 Å². The maximum atomic E-state index is 10.1. The number of nitrogens with one attached hydrogen (secondary N) is 1. The molecule has 1 aromatic carbocycles. The van der Waals surface area contributed by atoms with E-state index in [1.54, 1.807) is 0 Å². The van der Waals surface area contributed by atoms with Gasteiger partial charge in [0.15, 0.2) is 11.5 Å². The highest BCUT2D eigenvalue weighted by molar-refractivity contribution is 9.10. The molecule has 0 saturated carbocycles. The Labute approximate surface area is 88.9 Å². The van der Waals surface area contributed by atoms with Crippen LogP contribution in [0.5, 0.6) is 0 Å². The van der Waals surface area contributed by atoms with Gasteiger partial charge in [-0.2, -0.15) is 5.10 Å². The Morgan fingerprint density at radius 2 is 2.08 bits per heavy atom. The fourth-order valence-electron chi connectivity index (χ4n) is 0.669. The molecule has 0 aliphatic carbocycles. The summed E-state index contributed by atoms with van der Waals surface area (Å²) in [5, 5.41) is 3.48. The van der Waals surface area contributed by atoms with Gasteiger partial charge in [0.05, 0.1) is 5.69 Å². The molecule has 0 amide bonds. The molecule has 0 aliphatic rings. The molecule has 1 rings (SSSR count). The first kappa shape index (κ1) is 10.2. The number of hydrogen-bond donors (Lipinski definition) is 1. The molecule has 0 atom stereocenters.